The Balaban J connectivity index is 2.01. The first-order valence-electron chi connectivity index (χ1n) is 7.43. The lowest BCUT2D eigenvalue weighted by atomic mass is 10.2. The highest BCUT2D eigenvalue weighted by atomic mass is 32.2. The Morgan fingerprint density at radius 1 is 1.39 bits per heavy atom. The average Bonchev–Trinajstić information content (AvgIpc) is 2.91. The number of carbonyl (C=O) groups excluding carboxylic acids is 1. The number of carbonyl (C=O) groups is 1. The number of hydrogen-bond acceptors (Lipinski definition) is 4. The fourth-order valence-corrected chi connectivity index (χ4v) is 6.79. The van der Waals surface area contributed by atoms with Crippen LogP contribution in [0.15, 0.2) is 29.3 Å². The van der Waals surface area contributed by atoms with Crippen molar-refractivity contribution in [3.05, 3.63) is 30.1 Å². The molecule has 2 fully saturated rings. The number of sulfone groups is 1. The fraction of sp³-hybridized carbons (Fsp3) is 0.467. The van der Waals surface area contributed by atoms with E-state index in [9.17, 15) is 17.6 Å². The quantitative estimate of drug-likeness (QED) is 0.831. The summed E-state index contributed by atoms with van der Waals surface area (Å²) >= 11 is 1.26. The number of fused-ring (bicyclic) bond motifs is 1. The predicted molar refractivity (Wildman–Crippen MR) is 90.0 cm³/mol. The lowest BCUT2D eigenvalue weighted by Gasteiger charge is -2.24. The monoisotopic (exact) mass is 356 g/mol. The van der Waals surface area contributed by atoms with Gasteiger partial charge in [0.25, 0.3) is 0 Å². The lowest BCUT2D eigenvalue weighted by molar-refractivity contribution is -0.117. The highest BCUT2D eigenvalue weighted by molar-refractivity contribution is 8.16. The largest absolute Gasteiger partial charge is 0.313 e. The van der Waals surface area contributed by atoms with Crippen LogP contribution in [0.1, 0.15) is 19.8 Å². The molecule has 2 aliphatic heterocycles. The van der Waals surface area contributed by atoms with E-state index >= 15 is 0 Å². The molecule has 0 unspecified atom stereocenters. The number of amides is 1. The van der Waals surface area contributed by atoms with E-state index in [2.05, 4.69) is 4.99 Å². The number of nitrogens with zero attached hydrogens (tertiary/aromatic N) is 2. The third-order valence-electron chi connectivity index (χ3n) is 3.86. The highest BCUT2D eigenvalue weighted by Gasteiger charge is 2.49. The molecule has 8 heteroatoms. The maximum Gasteiger partial charge on any atom is 0.248 e. The summed E-state index contributed by atoms with van der Waals surface area (Å²) in [5, 5.41) is 0.186. The molecule has 23 heavy (non-hydrogen) atoms. The molecule has 2 heterocycles. The zero-order chi connectivity index (χ0) is 16.6. The van der Waals surface area contributed by atoms with E-state index in [1.54, 1.807) is 23.1 Å². The molecule has 3 rings (SSSR count). The molecule has 0 N–H and O–H groups in total. The number of halogens is 1. The first kappa shape index (κ1) is 16.4. The summed E-state index contributed by atoms with van der Waals surface area (Å²) in [6, 6.07) is 5.79. The average molecular weight is 356 g/mol. The molecule has 2 aliphatic rings. The van der Waals surface area contributed by atoms with Crippen molar-refractivity contribution in [2.45, 2.75) is 31.1 Å². The van der Waals surface area contributed by atoms with Crippen molar-refractivity contribution < 1.29 is 17.6 Å². The van der Waals surface area contributed by atoms with E-state index in [4.69, 9.17) is 0 Å². The molecular weight excluding hydrogens is 339 g/mol. The van der Waals surface area contributed by atoms with Gasteiger partial charge in [-0.3, -0.25) is 4.79 Å². The molecule has 1 aromatic carbocycles. The number of para-hydroxylation sites is 1. The normalized spacial score (nSPS) is 27.4. The first-order valence-corrected chi connectivity index (χ1v) is 10.1. The number of aliphatic imine (C=N–C) groups is 1. The molecule has 0 spiro atoms. The van der Waals surface area contributed by atoms with Crippen molar-refractivity contribution in [3.63, 3.8) is 0 Å². The minimum absolute atomic E-state index is 0.0360. The van der Waals surface area contributed by atoms with E-state index in [-0.39, 0.29) is 34.4 Å². The molecule has 124 valence electrons. The Bertz CT molecular complexity index is 764. The first-order chi connectivity index (χ1) is 10.9. The zero-order valence-corrected chi connectivity index (χ0v) is 14.2. The number of amidine groups is 1. The molecule has 2 saturated heterocycles. The Hall–Kier alpha value is -1.41. The van der Waals surface area contributed by atoms with Crippen LogP contribution in [0.4, 0.5) is 10.1 Å². The van der Waals surface area contributed by atoms with Gasteiger partial charge in [-0.15, -0.1) is 0 Å². The molecule has 0 aromatic heterocycles. The van der Waals surface area contributed by atoms with Crippen LogP contribution in [0.2, 0.25) is 0 Å². The van der Waals surface area contributed by atoms with Crippen molar-refractivity contribution in [2.75, 3.05) is 16.4 Å². The Morgan fingerprint density at radius 2 is 2.13 bits per heavy atom. The zero-order valence-electron chi connectivity index (χ0n) is 12.6. The topological polar surface area (TPSA) is 66.8 Å². The van der Waals surface area contributed by atoms with Crippen LogP contribution in [-0.4, -0.2) is 42.3 Å². The van der Waals surface area contributed by atoms with Crippen LogP contribution in [0.5, 0.6) is 0 Å². The highest BCUT2D eigenvalue weighted by Crippen LogP contribution is 2.41. The molecule has 0 aliphatic carbocycles. The van der Waals surface area contributed by atoms with Crippen LogP contribution in [-0.2, 0) is 14.6 Å². The van der Waals surface area contributed by atoms with Crippen LogP contribution in [0, 0.1) is 5.82 Å². The summed E-state index contributed by atoms with van der Waals surface area (Å²) in [5.74, 6) is -0.721. The van der Waals surface area contributed by atoms with Gasteiger partial charge in [-0.05, 0) is 18.6 Å². The maximum atomic E-state index is 14.2. The fourth-order valence-electron chi connectivity index (χ4n) is 2.87. The summed E-state index contributed by atoms with van der Waals surface area (Å²) in [7, 11) is -3.15. The van der Waals surface area contributed by atoms with Gasteiger partial charge >= 0.3 is 0 Å². The van der Waals surface area contributed by atoms with Crippen molar-refractivity contribution >= 4 is 38.4 Å². The van der Waals surface area contributed by atoms with Gasteiger partial charge in [0.15, 0.2) is 15.0 Å². The number of rotatable bonds is 3. The van der Waals surface area contributed by atoms with Crippen molar-refractivity contribution in [1.82, 2.24) is 0 Å². The van der Waals surface area contributed by atoms with Crippen molar-refractivity contribution in [2.24, 2.45) is 4.99 Å². The summed E-state index contributed by atoms with van der Waals surface area (Å²) in [5.41, 5.74) is 0.271. The molecule has 1 amide bonds. The molecule has 1 aromatic rings. The second-order valence-corrected chi connectivity index (χ2v) is 9.02. The molecule has 0 saturated carbocycles. The lowest BCUT2D eigenvalue weighted by Crippen LogP contribution is -2.38. The van der Waals surface area contributed by atoms with Gasteiger partial charge in [0, 0.05) is 11.7 Å². The number of anilines is 1. The summed E-state index contributed by atoms with van der Waals surface area (Å²) in [4.78, 5) is 17.6. The Labute approximate surface area is 138 Å². The van der Waals surface area contributed by atoms with Crippen LogP contribution < -0.4 is 4.90 Å². The molecule has 0 bridgehead atoms. The number of hydrogen-bond donors (Lipinski definition) is 0. The predicted octanol–water partition coefficient (Wildman–Crippen LogP) is 2.23. The van der Waals surface area contributed by atoms with Crippen LogP contribution >= 0.6 is 11.8 Å². The van der Waals surface area contributed by atoms with Gasteiger partial charge in [-0.1, -0.05) is 30.8 Å². The number of benzene rings is 1. The third kappa shape index (κ3) is 3.28. The maximum absolute atomic E-state index is 14.2. The Morgan fingerprint density at radius 3 is 2.83 bits per heavy atom. The summed E-state index contributed by atoms with van der Waals surface area (Å²) < 4.78 is 38.0. The van der Waals surface area contributed by atoms with E-state index in [1.807, 2.05) is 6.92 Å². The van der Waals surface area contributed by atoms with Gasteiger partial charge in [-0.25, -0.2) is 12.8 Å². The second kappa shape index (κ2) is 6.24. The van der Waals surface area contributed by atoms with E-state index in [0.717, 1.165) is 0 Å². The van der Waals surface area contributed by atoms with E-state index in [0.29, 0.717) is 18.0 Å². The molecule has 5 nitrogen and oxygen atoms in total. The van der Waals surface area contributed by atoms with Crippen molar-refractivity contribution in [1.29, 1.82) is 0 Å². The van der Waals surface area contributed by atoms with E-state index < -0.39 is 15.7 Å². The minimum atomic E-state index is -3.15. The minimum Gasteiger partial charge on any atom is -0.313 e. The standard InChI is InChI=1S/C15H17FN2O3S2/c1-2-5-14(19)17-15-18(11-7-4-3-6-10(11)16)12-8-23(20,21)9-13(12)22-15/h3-4,6-7,12-13H,2,5,8-9H2,1H3/t12-,13+/m1/s1. The second-order valence-electron chi connectivity index (χ2n) is 5.66. The van der Waals surface area contributed by atoms with Gasteiger partial charge in [0.05, 0.1) is 23.2 Å². The van der Waals surface area contributed by atoms with Crippen molar-refractivity contribution in [3.8, 4) is 0 Å². The summed E-state index contributed by atoms with van der Waals surface area (Å²) in [6.07, 6.45) is 1.00. The van der Waals surface area contributed by atoms with Crippen LogP contribution in [0.25, 0.3) is 0 Å². The van der Waals surface area contributed by atoms with E-state index in [1.165, 1.54) is 17.8 Å². The number of thioether (sulfide) groups is 1. The van der Waals surface area contributed by atoms with Gasteiger partial charge in [0.2, 0.25) is 5.91 Å². The van der Waals surface area contributed by atoms with Gasteiger partial charge < -0.3 is 4.90 Å². The Kier molecular flexibility index (Phi) is 4.46. The molecule has 0 radical (unpaired) electrons. The van der Waals surface area contributed by atoms with Gasteiger partial charge in [0.1, 0.15) is 5.82 Å². The summed E-state index contributed by atoms with van der Waals surface area (Å²) in [6.45, 7) is 1.88. The molecular formula is C15H17FN2O3S2. The molecule has 2 atom stereocenters. The van der Waals surface area contributed by atoms with Crippen LogP contribution in [0.3, 0.4) is 0 Å². The third-order valence-corrected chi connectivity index (χ3v) is 7.07. The van der Waals surface area contributed by atoms with Gasteiger partial charge in [-0.2, -0.15) is 4.99 Å². The SMILES string of the molecule is CCCC(=O)N=C1S[C@H]2CS(=O)(=O)C[C@H]2N1c1ccccc1F. The smallest absolute Gasteiger partial charge is 0.248 e.